The van der Waals surface area contributed by atoms with Gasteiger partial charge in [-0.05, 0) is 34.1 Å². The number of rotatable bonds is 7. The first-order valence-corrected chi connectivity index (χ1v) is 8.09. The van der Waals surface area contributed by atoms with E-state index in [1.165, 1.54) is 29.6 Å². The van der Waals surface area contributed by atoms with Gasteiger partial charge in [0.25, 0.3) is 0 Å². The van der Waals surface area contributed by atoms with E-state index in [9.17, 15) is 13.2 Å². The summed E-state index contributed by atoms with van der Waals surface area (Å²) in [5.41, 5.74) is 0.0239. The number of ether oxygens (including phenoxy) is 1. The van der Waals surface area contributed by atoms with E-state index in [1.807, 2.05) is 0 Å². The van der Waals surface area contributed by atoms with Crippen LogP contribution in [0.3, 0.4) is 0 Å². The number of nitrogens with zero attached hydrogens (tertiary/aromatic N) is 1. The maximum atomic E-state index is 12.5. The molecule has 1 N–H and O–H groups in total. The third-order valence-electron chi connectivity index (χ3n) is 2.69. The Hall–Kier alpha value is -0.960. The van der Waals surface area contributed by atoms with Gasteiger partial charge in [-0.15, -0.1) is 0 Å². The summed E-state index contributed by atoms with van der Waals surface area (Å²) in [7, 11) is -2.18. The maximum absolute atomic E-state index is 12.5. The van der Waals surface area contributed by atoms with Crippen molar-refractivity contribution >= 4 is 31.9 Å². The Morgan fingerprint density at radius 1 is 1.45 bits per heavy atom. The van der Waals surface area contributed by atoms with Gasteiger partial charge in [-0.2, -0.15) is 4.31 Å². The minimum absolute atomic E-state index is 0.0239. The molecular formula is C12H16BrNO5S. The normalized spacial score (nSPS) is 11.8. The fourth-order valence-electron chi connectivity index (χ4n) is 1.62. The molecule has 1 aromatic rings. The number of carboxylic acid groups (broad SMARTS) is 1. The number of hydrogen-bond donors (Lipinski definition) is 1. The lowest BCUT2D eigenvalue weighted by molar-refractivity contribution is 0.0696. The third-order valence-corrected chi connectivity index (χ3v) is 5.65. The molecule has 0 radical (unpaired) electrons. The zero-order valence-electron chi connectivity index (χ0n) is 11.2. The lowest BCUT2D eigenvalue weighted by atomic mass is 10.2. The summed E-state index contributed by atoms with van der Waals surface area (Å²) >= 11 is 3.12. The number of carbonyl (C=O) groups is 1. The van der Waals surface area contributed by atoms with Gasteiger partial charge in [0.15, 0.2) is 0 Å². The van der Waals surface area contributed by atoms with Crippen molar-refractivity contribution in [2.45, 2.75) is 11.8 Å². The van der Waals surface area contributed by atoms with Gasteiger partial charge < -0.3 is 9.84 Å². The molecule has 0 fully saturated rings. The number of methoxy groups -OCH3 is 1. The molecule has 0 aromatic heterocycles. The molecule has 112 valence electrons. The Balaban J connectivity index is 3.17. The molecule has 0 bridgehead atoms. The summed E-state index contributed by atoms with van der Waals surface area (Å²) in [6.45, 7) is 2.56. The predicted octanol–water partition coefficient (Wildman–Crippen LogP) is 1.80. The maximum Gasteiger partial charge on any atom is 0.335 e. The van der Waals surface area contributed by atoms with Gasteiger partial charge in [-0.3, -0.25) is 0 Å². The Bertz CT molecular complexity index is 588. The molecule has 0 amide bonds. The predicted molar refractivity (Wildman–Crippen MR) is 77.4 cm³/mol. The highest BCUT2D eigenvalue weighted by molar-refractivity contribution is 9.10. The van der Waals surface area contributed by atoms with Gasteiger partial charge in [0.2, 0.25) is 10.0 Å². The monoisotopic (exact) mass is 365 g/mol. The molecule has 0 saturated heterocycles. The number of hydrogen-bond acceptors (Lipinski definition) is 4. The topological polar surface area (TPSA) is 83.9 Å². The number of likely N-dealkylation sites (N-methyl/N-ethyl adjacent to an activating group) is 1. The molecule has 0 aliphatic rings. The minimum Gasteiger partial charge on any atom is -0.478 e. The van der Waals surface area contributed by atoms with Crippen molar-refractivity contribution < 1.29 is 23.1 Å². The molecule has 0 aliphatic carbocycles. The molecule has 0 saturated carbocycles. The Kier molecular flexibility index (Phi) is 6.12. The number of benzene rings is 1. The van der Waals surface area contributed by atoms with Crippen LogP contribution in [-0.2, 0) is 14.8 Å². The highest BCUT2D eigenvalue weighted by Crippen LogP contribution is 2.26. The van der Waals surface area contributed by atoms with Crippen LogP contribution in [0.15, 0.2) is 27.6 Å². The van der Waals surface area contributed by atoms with Crippen LogP contribution in [-0.4, -0.2) is 50.6 Å². The van der Waals surface area contributed by atoms with Crippen molar-refractivity contribution in [3.63, 3.8) is 0 Å². The average Bonchev–Trinajstić information content (AvgIpc) is 2.38. The Labute approximate surface area is 126 Å². The molecule has 20 heavy (non-hydrogen) atoms. The molecule has 0 heterocycles. The van der Waals surface area contributed by atoms with Gasteiger partial charge in [0.05, 0.1) is 17.1 Å². The van der Waals surface area contributed by atoms with E-state index < -0.39 is 16.0 Å². The fraction of sp³-hybridized carbons (Fsp3) is 0.417. The SMILES string of the molecule is CCN(CCOC)S(=O)(=O)c1ccc(C(=O)O)cc1Br. The first kappa shape index (κ1) is 17.1. The van der Waals surface area contributed by atoms with Crippen molar-refractivity contribution in [1.82, 2.24) is 4.31 Å². The fourth-order valence-corrected chi connectivity index (χ4v) is 4.09. The van der Waals surface area contributed by atoms with E-state index in [-0.39, 0.29) is 28.1 Å². The molecule has 8 heteroatoms. The zero-order valence-corrected chi connectivity index (χ0v) is 13.6. The number of carboxylic acids is 1. The lowest BCUT2D eigenvalue weighted by Gasteiger charge is -2.20. The molecular weight excluding hydrogens is 350 g/mol. The van der Waals surface area contributed by atoms with Crippen LogP contribution in [0.5, 0.6) is 0 Å². The van der Waals surface area contributed by atoms with Crippen molar-refractivity contribution in [2.75, 3.05) is 26.8 Å². The van der Waals surface area contributed by atoms with Crippen LogP contribution >= 0.6 is 15.9 Å². The van der Waals surface area contributed by atoms with Gasteiger partial charge in [-0.1, -0.05) is 6.92 Å². The molecule has 0 spiro atoms. The first-order valence-electron chi connectivity index (χ1n) is 5.86. The Morgan fingerprint density at radius 3 is 2.55 bits per heavy atom. The summed E-state index contributed by atoms with van der Waals surface area (Å²) in [5, 5.41) is 8.88. The minimum atomic E-state index is -3.68. The quantitative estimate of drug-likeness (QED) is 0.796. The van der Waals surface area contributed by atoms with E-state index in [1.54, 1.807) is 6.92 Å². The molecule has 0 atom stereocenters. The standard InChI is InChI=1S/C12H16BrNO5S/c1-3-14(6-7-19-2)20(17,18)11-5-4-9(12(15)16)8-10(11)13/h4-5,8H,3,6-7H2,1-2H3,(H,15,16). The molecule has 1 aromatic carbocycles. The second kappa shape index (κ2) is 7.16. The van der Waals surface area contributed by atoms with E-state index >= 15 is 0 Å². The van der Waals surface area contributed by atoms with E-state index in [2.05, 4.69) is 15.9 Å². The van der Waals surface area contributed by atoms with E-state index in [0.717, 1.165) is 0 Å². The smallest absolute Gasteiger partial charge is 0.335 e. The summed E-state index contributed by atoms with van der Waals surface area (Å²) in [6, 6.07) is 3.84. The van der Waals surface area contributed by atoms with Crippen molar-refractivity contribution in [2.24, 2.45) is 0 Å². The van der Waals surface area contributed by atoms with Gasteiger partial charge in [0, 0.05) is 24.7 Å². The number of halogens is 1. The van der Waals surface area contributed by atoms with Crippen LogP contribution in [0.2, 0.25) is 0 Å². The van der Waals surface area contributed by atoms with E-state index in [0.29, 0.717) is 6.54 Å². The molecule has 1 rings (SSSR count). The first-order chi connectivity index (χ1) is 9.34. The summed E-state index contributed by atoms with van der Waals surface area (Å²) in [5.74, 6) is -1.11. The van der Waals surface area contributed by atoms with Gasteiger partial charge in [0.1, 0.15) is 0 Å². The van der Waals surface area contributed by atoms with Crippen LogP contribution in [0, 0.1) is 0 Å². The van der Waals surface area contributed by atoms with Crippen LogP contribution in [0.25, 0.3) is 0 Å². The lowest BCUT2D eigenvalue weighted by Crippen LogP contribution is -2.34. The summed E-state index contributed by atoms with van der Waals surface area (Å²) < 4.78 is 31.3. The highest BCUT2D eigenvalue weighted by atomic mass is 79.9. The summed E-state index contributed by atoms with van der Waals surface area (Å²) in [6.07, 6.45) is 0. The van der Waals surface area contributed by atoms with Crippen molar-refractivity contribution in [3.8, 4) is 0 Å². The Morgan fingerprint density at radius 2 is 2.10 bits per heavy atom. The van der Waals surface area contributed by atoms with E-state index in [4.69, 9.17) is 9.84 Å². The molecule has 0 unspecified atom stereocenters. The summed E-state index contributed by atoms with van der Waals surface area (Å²) in [4.78, 5) is 10.9. The highest BCUT2D eigenvalue weighted by Gasteiger charge is 2.25. The van der Waals surface area contributed by atoms with Gasteiger partial charge >= 0.3 is 5.97 Å². The average molecular weight is 366 g/mol. The second-order valence-corrected chi connectivity index (χ2v) is 6.70. The largest absolute Gasteiger partial charge is 0.478 e. The molecule has 6 nitrogen and oxygen atoms in total. The second-order valence-electron chi connectivity index (χ2n) is 3.94. The van der Waals surface area contributed by atoms with Crippen molar-refractivity contribution in [1.29, 1.82) is 0 Å². The molecule has 0 aliphatic heterocycles. The van der Waals surface area contributed by atoms with Crippen molar-refractivity contribution in [3.05, 3.63) is 28.2 Å². The van der Waals surface area contributed by atoms with Crippen LogP contribution in [0.1, 0.15) is 17.3 Å². The van der Waals surface area contributed by atoms with Crippen LogP contribution in [0.4, 0.5) is 0 Å². The number of sulfonamides is 1. The van der Waals surface area contributed by atoms with Gasteiger partial charge in [-0.25, -0.2) is 13.2 Å². The third kappa shape index (κ3) is 3.78. The zero-order chi connectivity index (χ0) is 15.3. The number of aromatic carboxylic acids is 1. The van der Waals surface area contributed by atoms with Crippen LogP contribution < -0.4 is 0 Å².